The normalized spacial score (nSPS) is 37.5. The molecule has 1 aliphatic carbocycles. The van der Waals surface area contributed by atoms with Gasteiger partial charge in [0.15, 0.2) is 30.9 Å². The Labute approximate surface area is 567 Å². The number of hydrogen-bond acceptors (Lipinski definition) is 17. The molecule has 5 aromatic carbocycles. The Morgan fingerprint density at radius 2 is 0.802 bits per heavy atom. The summed E-state index contributed by atoms with van der Waals surface area (Å²) >= 11 is 0. The van der Waals surface area contributed by atoms with Gasteiger partial charge in [-0.2, -0.15) is 0 Å². The van der Waals surface area contributed by atoms with Crippen LogP contribution in [0, 0.1) is 47.3 Å². The molecule has 6 fully saturated rings. The average molecular weight is 1330 g/mol. The van der Waals surface area contributed by atoms with Crippen molar-refractivity contribution in [2.24, 2.45) is 52.5 Å². The second kappa shape index (κ2) is 33.8. The Balaban J connectivity index is 0.887. The Morgan fingerprint density at radius 1 is 0.396 bits per heavy atom. The Morgan fingerprint density at radius 3 is 1.32 bits per heavy atom. The van der Waals surface area contributed by atoms with Crippen LogP contribution in [0.3, 0.4) is 0 Å². The van der Waals surface area contributed by atoms with E-state index in [4.69, 9.17) is 71.1 Å². The molecule has 11 rings (SSSR count). The zero-order valence-electron chi connectivity index (χ0n) is 57.7. The summed E-state index contributed by atoms with van der Waals surface area (Å²) in [6.07, 6.45) is -11.2. The molecule has 1 N–H and O–H groups in total. The van der Waals surface area contributed by atoms with Gasteiger partial charge in [0.05, 0.1) is 95.5 Å². The van der Waals surface area contributed by atoms with Gasteiger partial charge >= 0.3 is 0 Å². The number of azide groups is 1. The van der Waals surface area contributed by atoms with Crippen LogP contribution in [-0.4, -0.2) is 141 Å². The lowest BCUT2D eigenvalue weighted by molar-refractivity contribution is -0.362. The molecule has 6 aliphatic rings. The van der Waals surface area contributed by atoms with Crippen molar-refractivity contribution in [2.45, 2.75) is 232 Å². The topological polar surface area (TPSA) is 207 Å². The summed E-state index contributed by atoms with van der Waals surface area (Å²) in [5.41, 5.74) is 15.6. The molecule has 5 aliphatic heterocycles. The molecule has 0 radical (unpaired) electrons. The number of rotatable bonds is 28. The minimum atomic E-state index is -1.16. The monoisotopic (exact) mass is 1330 g/mol. The SMILES string of the molecule is CCC1OC(OC2C(OCC3OC(OC4C(COCc5ccccc5)OC(OC5C(OCc6ccccc6)C(C)C(OCc6ccccc6)C6OC(C)(C)OC56)C(N=[N+]=[N-])C4C)C(OCc4ccccc4)C(C)C3C)OC(COCc3ccccc3)C(C)C2C)C(O)C(C)C1C. The van der Waals surface area contributed by atoms with Gasteiger partial charge in [0.25, 0.3) is 0 Å². The van der Waals surface area contributed by atoms with Gasteiger partial charge in [-0.1, -0.05) is 219 Å². The fourth-order valence-corrected chi connectivity index (χ4v) is 14.8. The van der Waals surface area contributed by atoms with Crippen LogP contribution in [-0.2, 0) is 104 Å². The van der Waals surface area contributed by atoms with Crippen molar-refractivity contribution < 1.29 is 76.2 Å². The summed E-state index contributed by atoms with van der Waals surface area (Å²) < 4.78 is 104. The van der Waals surface area contributed by atoms with Crippen LogP contribution in [0.4, 0.5) is 0 Å². The summed E-state index contributed by atoms with van der Waals surface area (Å²) in [6.45, 7) is 24.8. The first-order valence-corrected chi connectivity index (χ1v) is 35.0. The zero-order chi connectivity index (χ0) is 67.5. The lowest BCUT2D eigenvalue weighted by atomic mass is 9.78. The van der Waals surface area contributed by atoms with Crippen LogP contribution in [0.25, 0.3) is 10.4 Å². The van der Waals surface area contributed by atoms with E-state index in [9.17, 15) is 10.6 Å². The van der Waals surface area contributed by atoms with Crippen molar-refractivity contribution >= 4 is 0 Å². The van der Waals surface area contributed by atoms with Gasteiger partial charge in [-0.15, -0.1) is 0 Å². The van der Waals surface area contributed by atoms with Gasteiger partial charge in [0, 0.05) is 10.8 Å². The van der Waals surface area contributed by atoms with E-state index in [-0.39, 0.29) is 86.7 Å². The Hall–Kier alpha value is -5.23. The molecule has 26 unspecified atom stereocenters. The third-order valence-electron chi connectivity index (χ3n) is 21.3. The summed E-state index contributed by atoms with van der Waals surface area (Å²) in [7, 11) is 0. The number of ether oxygens (including phenoxy) is 15. The number of fused-ring (bicyclic) bond motifs is 1. The molecule has 19 nitrogen and oxygen atoms in total. The maximum Gasteiger partial charge on any atom is 0.184 e. The third kappa shape index (κ3) is 17.5. The molecular formula is C77H103N3O16. The van der Waals surface area contributed by atoms with Gasteiger partial charge in [0.1, 0.15) is 42.7 Å². The minimum absolute atomic E-state index is 0.0229. The van der Waals surface area contributed by atoms with E-state index in [0.717, 1.165) is 34.2 Å². The minimum Gasteiger partial charge on any atom is -0.388 e. The Bertz CT molecular complexity index is 3160. The molecule has 5 aromatic rings. The summed E-state index contributed by atoms with van der Waals surface area (Å²) in [4.78, 5) is 3.46. The van der Waals surface area contributed by atoms with E-state index in [0.29, 0.717) is 19.8 Å². The summed E-state index contributed by atoms with van der Waals surface area (Å²) in [6, 6.07) is 49.2. The molecular weight excluding hydrogens is 1220 g/mol. The van der Waals surface area contributed by atoms with Gasteiger partial charge in [-0.3, -0.25) is 0 Å². The predicted octanol–water partition coefficient (Wildman–Crippen LogP) is 13.3. The molecule has 0 amide bonds. The number of benzene rings is 5. The third-order valence-corrected chi connectivity index (χ3v) is 21.3. The lowest BCUT2D eigenvalue weighted by Crippen LogP contribution is -2.64. The van der Waals surface area contributed by atoms with E-state index in [1.165, 1.54) is 0 Å². The fraction of sp³-hybridized carbons (Fsp3) is 0.610. The van der Waals surface area contributed by atoms with E-state index in [2.05, 4.69) is 65.4 Å². The highest BCUT2D eigenvalue weighted by Gasteiger charge is 2.61. The second-order valence-corrected chi connectivity index (χ2v) is 28.1. The van der Waals surface area contributed by atoms with Crippen molar-refractivity contribution in [1.82, 2.24) is 0 Å². The van der Waals surface area contributed by atoms with Gasteiger partial charge < -0.3 is 76.2 Å². The molecule has 19 heteroatoms. The number of aliphatic hydroxyl groups is 1. The predicted molar refractivity (Wildman–Crippen MR) is 359 cm³/mol. The number of aliphatic hydroxyl groups excluding tert-OH is 1. The largest absolute Gasteiger partial charge is 0.388 e. The van der Waals surface area contributed by atoms with Gasteiger partial charge in [0.2, 0.25) is 0 Å². The van der Waals surface area contributed by atoms with Crippen molar-refractivity contribution in [1.29, 1.82) is 0 Å². The second-order valence-electron chi connectivity index (χ2n) is 28.1. The smallest absolute Gasteiger partial charge is 0.184 e. The van der Waals surface area contributed by atoms with E-state index in [1.54, 1.807) is 0 Å². The number of nitrogens with zero attached hydrogens (tertiary/aromatic N) is 3. The Kier molecular flexibility index (Phi) is 25.3. The maximum atomic E-state index is 11.8. The zero-order valence-corrected chi connectivity index (χ0v) is 57.7. The first kappa shape index (κ1) is 72.0. The van der Waals surface area contributed by atoms with Crippen molar-refractivity contribution in [3.8, 4) is 0 Å². The van der Waals surface area contributed by atoms with Crippen LogP contribution in [0.15, 0.2) is 157 Å². The highest BCUT2D eigenvalue weighted by molar-refractivity contribution is 5.18. The van der Waals surface area contributed by atoms with E-state index < -0.39 is 110 Å². The quantitative estimate of drug-likeness (QED) is 0.0281. The van der Waals surface area contributed by atoms with E-state index >= 15 is 0 Å². The molecule has 96 heavy (non-hydrogen) atoms. The highest BCUT2D eigenvalue weighted by atomic mass is 16.8. The van der Waals surface area contributed by atoms with Crippen LogP contribution in [0.1, 0.15) is 110 Å². The fourth-order valence-electron chi connectivity index (χ4n) is 14.8. The molecule has 0 spiro atoms. The highest BCUT2D eigenvalue weighted by Crippen LogP contribution is 2.47. The van der Waals surface area contributed by atoms with Crippen LogP contribution in [0.2, 0.25) is 0 Å². The van der Waals surface area contributed by atoms with Gasteiger partial charge in [-0.05, 0) is 95.0 Å². The molecule has 1 saturated carbocycles. The van der Waals surface area contributed by atoms with Crippen LogP contribution < -0.4 is 0 Å². The van der Waals surface area contributed by atoms with Crippen LogP contribution >= 0.6 is 0 Å². The summed E-state index contributed by atoms with van der Waals surface area (Å²) in [5.74, 6) is -2.28. The van der Waals surface area contributed by atoms with Crippen LogP contribution in [0.5, 0.6) is 0 Å². The standard InChI is InChI=1S/C77H103N3O16/c1-12-59-46(2)49(5)64(81)74(88-59)93-69-51(7)48(4)60(43-82-38-54-28-18-13-19-29-54)89-75(69)87-45-61-47(3)50(6)68(86-42-58-36-26-17-27-37-58)76(90-61)92-65-52(8)63(79-80-78)73(91-62(65)44-83-39-55-30-20-14-21-31-55)94-70-66(84-40-56-32-22-15-23-33-56)53(9)67(71-72(70)96-77(10,11)95-71)85-41-57-34-24-16-25-35-57/h13-37,46-53,59-76,81H,12,38-45H2,1-11H3. The lowest BCUT2D eigenvalue weighted by Gasteiger charge is -2.51. The van der Waals surface area contributed by atoms with Gasteiger partial charge in [-0.25, -0.2) is 0 Å². The first-order chi connectivity index (χ1) is 46.5. The van der Waals surface area contributed by atoms with Crippen molar-refractivity contribution in [2.75, 3.05) is 19.8 Å². The molecule has 5 heterocycles. The molecule has 26 atom stereocenters. The molecule has 5 saturated heterocycles. The van der Waals surface area contributed by atoms with E-state index in [1.807, 2.05) is 172 Å². The summed E-state index contributed by atoms with van der Waals surface area (Å²) in [5, 5.41) is 16.3. The van der Waals surface area contributed by atoms with Crippen molar-refractivity contribution in [3.63, 3.8) is 0 Å². The first-order valence-electron chi connectivity index (χ1n) is 35.0. The van der Waals surface area contributed by atoms with Crippen molar-refractivity contribution in [3.05, 3.63) is 190 Å². The molecule has 522 valence electrons. The maximum absolute atomic E-state index is 11.8. The molecule has 0 bridgehead atoms. The molecule has 0 aromatic heterocycles. The average Bonchev–Trinajstić information content (AvgIpc) is 1.51. The number of hydrogen-bond donors (Lipinski definition) is 1.